The monoisotopic (exact) mass is 337 g/mol. The number of aliphatic hydroxyl groups is 1. The Morgan fingerprint density at radius 1 is 1.33 bits per heavy atom. The lowest BCUT2D eigenvalue weighted by Crippen LogP contribution is -2.81. The van der Waals surface area contributed by atoms with Gasteiger partial charge in [0, 0.05) is 26.2 Å². The van der Waals surface area contributed by atoms with Crippen LogP contribution < -0.4 is 0 Å². The molecule has 3 aliphatic heterocycles. The maximum atomic E-state index is 13.0. The van der Waals surface area contributed by atoms with Gasteiger partial charge in [-0.1, -0.05) is 0 Å². The maximum absolute atomic E-state index is 13.0. The molecular formula is C16H23N3O5. The van der Waals surface area contributed by atoms with Gasteiger partial charge in [-0.15, -0.1) is 0 Å². The second-order valence-corrected chi connectivity index (χ2v) is 7.51. The standard InChI is InChI=1S/C16H23N3O5/c1-24-13(21)7-18-14(22)12-4-11(20)6-19(12)16(15(18)23)8-17(9-16)5-10-2-3-10/h10-12,20H,2-9H2,1H3. The van der Waals surface area contributed by atoms with Gasteiger partial charge in [0.05, 0.1) is 19.3 Å². The van der Waals surface area contributed by atoms with E-state index in [9.17, 15) is 19.5 Å². The Hall–Kier alpha value is -1.51. The molecule has 0 aromatic heterocycles. The maximum Gasteiger partial charge on any atom is 0.325 e. The number of rotatable bonds is 4. The van der Waals surface area contributed by atoms with Gasteiger partial charge in [0.15, 0.2) is 0 Å². The van der Waals surface area contributed by atoms with Crippen LogP contribution in [0.2, 0.25) is 0 Å². The van der Waals surface area contributed by atoms with Crippen LogP contribution in [0.5, 0.6) is 0 Å². The summed E-state index contributed by atoms with van der Waals surface area (Å²) in [5, 5.41) is 10.0. The summed E-state index contributed by atoms with van der Waals surface area (Å²) in [5.74, 6) is -0.592. The Balaban J connectivity index is 1.57. The molecule has 4 rings (SSSR count). The summed E-state index contributed by atoms with van der Waals surface area (Å²) in [7, 11) is 1.24. The van der Waals surface area contributed by atoms with E-state index in [1.54, 1.807) is 0 Å². The second-order valence-electron chi connectivity index (χ2n) is 7.51. The van der Waals surface area contributed by atoms with Gasteiger partial charge in [0.1, 0.15) is 12.1 Å². The first kappa shape index (κ1) is 16.0. The van der Waals surface area contributed by atoms with E-state index in [2.05, 4.69) is 9.64 Å². The Morgan fingerprint density at radius 2 is 2.04 bits per heavy atom. The predicted molar refractivity (Wildman–Crippen MR) is 81.7 cm³/mol. The topological polar surface area (TPSA) is 90.4 Å². The lowest BCUT2D eigenvalue weighted by molar-refractivity contribution is -0.182. The molecule has 2 unspecified atom stereocenters. The number of methoxy groups -OCH3 is 1. The van der Waals surface area contributed by atoms with Crippen LogP contribution in [0.1, 0.15) is 19.3 Å². The Kier molecular flexibility index (Phi) is 3.67. The van der Waals surface area contributed by atoms with Gasteiger partial charge in [-0.25, -0.2) is 0 Å². The number of hydrogen-bond donors (Lipinski definition) is 1. The molecule has 8 nitrogen and oxygen atoms in total. The van der Waals surface area contributed by atoms with Crippen molar-refractivity contribution in [2.24, 2.45) is 5.92 Å². The minimum absolute atomic E-state index is 0.314. The molecule has 1 N–H and O–H groups in total. The van der Waals surface area contributed by atoms with Crippen molar-refractivity contribution >= 4 is 17.8 Å². The third kappa shape index (κ3) is 2.35. The Morgan fingerprint density at radius 3 is 2.67 bits per heavy atom. The number of ether oxygens (including phenoxy) is 1. The smallest absolute Gasteiger partial charge is 0.325 e. The zero-order valence-corrected chi connectivity index (χ0v) is 13.8. The van der Waals surface area contributed by atoms with Crippen LogP contribution in [0.15, 0.2) is 0 Å². The van der Waals surface area contributed by atoms with E-state index in [-0.39, 0.29) is 12.5 Å². The molecule has 1 spiro atoms. The van der Waals surface area contributed by atoms with E-state index in [4.69, 9.17) is 0 Å². The fourth-order valence-electron chi connectivity index (χ4n) is 4.32. The molecule has 3 heterocycles. The Bertz CT molecular complexity index is 584. The van der Waals surface area contributed by atoms with Crippen molar-refractivity contribution in [2.45, 2.75) is 36.9 Å². The van der Waals surface area contributed by atoms with Crippen molar-refractivity contribution in [3.63, 3.8) is 0 Å². The van der Waals surface area contributed by atoms with Gasteiger partial charge >= 0.3 is 5.97 Å². The highest BCUT2D eigenvalue weighted by molar-refractivity contribution is 6.07. The van der Waals surface area contributed by atoms with E-state index in [1.807, 2.05) is 4.90 Å². The van der Waals surface area contributed by atoms with Crippen molar-refractivity contribution in [1.82, 2.24) is 14.7 Å². The summed E-state index contributed by atoms with van der Waals surface area (Å²) in [6.07, 6.45) is 2.19. The van der Waals surface area contributed by atoms with Crippen LogP contribution in [-0.4, -0.2) is 95.1 Å². The Labute approximate surface area is 140 Å². The van der Waals surface area contributed by atoms with Gasteiger partial charge in [0.25, 0.3) is 5.91 Å². The van der Waals surface area contributed by atoms with Gasteiger partial charge in [-0.2, -0.15) is 0 Å². The number of carbonyl (C=O) groups is 3. The molecule has 2 amide bonds. The number of fused-ring (bicyclic) bond motifs is 2. The van der Waals surface area contributed by atoms with Crippen molar-refractivity contribution in [2.75, 3.05) is 39.8 Å². The molecule has 8 heteroatoms. The number of piperazine rings is 1. The fourth-order valence-corrected chi connectivity index (χ4v) is 4.32. The van der Waals surface area contributed by atoms with Crippen molar-refractivity contribution in [3.8, 4) is 0 Å². The average molecular weight is 337 g/mol. The van der Waals surface area contributed by atoms with E-state index >= 15 is 0 Å². The normalized spacial score (nSPS) is 32.8. The van der Waals surface area contributed by atoms with Crippen molar-refractivity contribution in [3.05, 3.63) is 0 Å². The van der Waals surface area contributed by atoms with Crippen LogP contribution in [0.4, 0.5) is 0 Å². The van der Waals surface area contributed by atoms with Crippen LogP contribution >= 0.6 is 0 Å². The largest absolute Gasteiger partial charge is 0.468 e. The predicted octanol–water partition coefficient (Wildman–Crippen LogP) is -1.57. The number of esters is 1. The highest BCUT2D eigenvalue weighted by atomic mass is 16.5. The van der Waals surface area contributed by atoms with Crippen LogP contribution in [-0.2, 0) is 19.1 Å². The number of aliphatic hydroxyl groups excluding tert-OH is 1. The molecule has 1 aliphatic carbocycles. The molecule has 2 atom stereocenters. The highest BCUT2D eigenvalue weighted by Crippen LogP contribution is 2.42. The summed E-state index contributed by atoms with van der Waals surface area (Å²) < 4.78 is 4.63. The molecule has 24 heavy (non-hydrogen) atoms. The summed E-state index contributed by atoms with van der Waals surface area (Å²) >= 11 is 0. The minimum atomic E-state index is -0.779. The lowest BCUT2D eigenvalue weighted by Gasteiger charge is -2.58. The van der Waals surface area contributed by atoms with Gasteiger partial charge in [-0.3, -0.25) is 29.1 Å². The third-order valence-electron chi connectivity index (χ3n) is 5.72. The van der Waals surface area contributed by atoms with E-state index in [0.717, 1.165) is 17.4 Å². The number of β-amino-alcohol motifs (C(OH)–C–C–N with tert-alkyl or cyclic N) is 1. The molecule has 4 aliphatic rings. The zero-order chi connectivity index (χ0) is 17.1. The number of amides is 2. The van der Waals surface area contributed by atoms with Crippen molar-refractivity contribution < 1.29 is 24.2 Å². The van der Waals surface area contributed by atoms with Crippen molar-refractivity contribution in [1.29, 1.82) is 0 Å². The SMILES string of the molecule is COC(=O)CN1C(=O)C2CC(O)CN2C2(CN(CC3CC3)C2)C1=O. The van der Waals surface area contributed by atoms with Crippen LogP contribution in [0.3, 0.4) is 0 Å². The minimum Gasteiger partial charge on any atom is -0.468 e. The number of nitrogens with zero attached hydrogens (tertiary/aromatic N) is 3. The quantitative estimate of drug-likeness (QED) is 0.489. The molecular weight excluding hydrogens is 314 g/mol. The first-order valence-corrected chi connectivity index (χ1v) is 8.54. The summed E-state index contributed by atoms with van der Waals surface area (Å²) in [6.45, 7) is 2.11. The molecule has 0 bridgehead atoms. The van der Waals surface area contributed by atoms with Gasteiger partial charge in [0.2, 0.25) is 5.91 Å². The van der Waals surface area contributed by atoms with Gasteiger partial charge in [-0.05, 0) is 25.2 Å². The fraction of sp³-hybridized carbons (Fsp3) is 0.812. The summed E-state index contributed by atoms with van der Waals surface area (Å²) in [4.78, 5) is 42.5. The summed E-state index contributed by atoms with van der Waals surface area (Å²) in [6, 6.07) is -0.523. The highest BCUT2D eigenvalue weighted by Gasteiger charge is 2.64. The number of hydrogen-bond acceptors (Lipinski definition) is 7. The van der Waals surface area contributed by atoms with E-state index in [1.165, 1.54) is 20.0 Å². The molecule has 0 aromatic carbocycles. The van der Waals surface area contributed by atoms with Crippen LogP contribution in [0.25, 0.3) is 0 Å². The first-order chi connectivity index (χ1) is 11.4. The molecule has 0 aromatic rings. The van der Waals surface area contributed by atoms with E-state index in [0.29, 0.717) is 26.1 Å². The number of carbonyl (C=O) groups excluding carboxylic acids is 3. The average Bonchev–Trinajstić information content (AvgIpc) is 3.25. The van der Waals surface area contributed by atoms with E-state index < -0.39 is 29.6 Å². The van der Waals surface area contributed by atoms with Gasteiger partial charge < -0.3 is 9.84 Å². The van der Waals surface area contributed by atoms with Crippen LogP contribution in [0, 0.1) is 5.92 Å². The first-order valence-electron chi connectivity index (χ1n) is 8.54. The lowest BCUT2D eigenvalue weighted by atomic mass is 9.82. The molecule has 0 radical (unpaired) electrons. The third-order valence-corrected chi connectivity index (χ3v) is 5.72. The molecule has 132 valence electrons. The second kappa shape index (κ2) is 5.50. The number of likely N-dealkylation sites (tertiary alicyclic amines) is 1. The summed E-state index contributed by atoms with van der Waals surface area (Å²) in [5.41, 5.74) is -0.779. The number of imide groups is 1. The molecule has 4 fully saturated rings. The zero-order valence-electron chi connectivity index (χ0n) is 13.8. The molecule has 1 saturated carbocycles. The molecule has 3 saturated heterocycles.